The molecule has 0 aliphatic heterocycles. The summed E-state index contributed by atoms with van der Waals surface area (Å²) in [6.45, 7) is 2.54. The van der Waals surface area contributed by atoms with Gasteiger partial charge in [-0.2, -0.15) is 4.98 Å². The number of hydrogen-bond acceptors (Lipinski definition) is 5. The summed E-state index contributed by atoms with van der Waals surface area (Å²) in [4.78, 5) is 4.28. The van der Waals surface area contributed by atoms with Crippen molar-refractivity contribution in [2.24, 2.45) is 0 Å². The van der Waals surface area contributed by atoms with E-state index in [4.69, 9.17) is 16.1 Å². The molecule has 18 heavy (non-hydrogen) atoms. The average Bonchev–Trinajstić information content (AvgIpc) is 2.98. The Morgan fingerprint density at radius 1 is 1.39 bits per heavy atom. The molecule has 0 radical (unpaired) electrons. The minimum Gasteiger partial charge on any atom is -0.337 e. The Morgan fingerprint density at radius 3 is 3.06 bits per heavy atom. The van der Waals surface area contributed by atoms with E-state index in [1.807, 2.05) is 6.20 Å². The molecule has 0 saturated heterocycles. The van der Waals surface area contributed by atoms with Crippen LogP contribution in [0.2, 0.25) is 0 Å². The number of alkyl halides is 1. The van der Waals surface area contributed by atoms with Crippen LogP contribution in [0.25, 0.3) is 0 Å². The smallest absolute Gasteiger partial charge is 0.248 e. The Labute approximate surface area is 110 Å². The normalized spacial score (nSPS) is 11.0. The molecule has 0 unspecified atom stereocenters. The minimum absolute atomic E-state index is 0.463. The topological polar surface area (TPSA) is 69.6 Å². The van der Waals surface area contributed by atoms with E-state index in [1.54, 1.807) is 4.68 Å². The molecule has 0 saturated carbocycles. The second-order valence-corrected chi connectivity index (χ2v) is 4.43. The van der Waals surface area contributed by atoms with Crippen molar-refractivity contribution >= 4 is 11.6 Å². The van der Waals surface area contributed by atoms with Gasteiger partial charge in [0.2, 0.25) is 5.89 Å². The summed E-state index contributed by atoms with van der Waals surface area (Å²) in [6, 6.07) is 0. The van der Waals surface area contributed by atoms with Crippen LogP contribution in [-0.2, 0) is 19.4 Å². The van der Waals surface area contributed by atoms with Crippen molar-refractivity contribution in [2.75, 3.05) is 5.88 Å². The van der Waals surface area contributed by atoms with E-state index in [-0.39, 0.29) is 0 Å². The molecule has 0 bridgehead atoms. The van der Waals surface area contributed by atoms with Gasteiger partial charge in [0.25, 0.3) is 0 Å². The summed E-state index contributed by atoms with van der Waals surface area (Å²) < 4.78 is 6.84. The molecule has 0 aliphatic carbocycles. The van der Waals surface area contributed by atoms with Gasteiger partial charge in [0.15, 0.2) is 5.82 Å². The van der Waals surface area contributed by atoms with Crippen LogP contribution in [0.1, 0.15) is 37.2 Å². The summed E-state index contributed by atoms with van der Waals surface area (Å²) in [6.07, 6.45) is 5.47. The van der Waals surface area contributed by atoms with E-state index in [1.165, 1.54) is 0 Å². The Kier molecular flexibility index (Phi) is 4.69. The van der Waals surface area contributed by atoms with Crippen molar-refractivity contribution < 1.29 is 4.52 Å². The highest BCUT2D eigenvalue weighted by atomic mass is 35.5. The molecule has 0 atom stereocenters. The second-order valence-electron chi connectivity index (χ2n) is 4.05. The molecule has 0 amide bonds. The van der Waals surface area contributed by atoms with E-state index in [9.17, 15) is 0 Å². The van der Waals surface area contributed by atoms with Gasteiger partial charge in [-0.1, -0.05) is 17.3 Å². The van der Waals surface area contributed by atoms with Gasteiger partial charge in [-0.05, 0) is 19.3 Å². The van der Waals surface area contributed by atoms with Crippen molar-refractivity contribution in [1.29, 1.82) is 0 Å². The lowest BCUT2D eigenvalue weighted by Gasteiger charge is -1.92. The van der Waals surface area contributed by atoms with Gasteiger partial charge in [0.05, 0.1) is 5.69 Å². The lowest BCUT2D eigenvalue weighted by molar-refractivity contribution is 0.359. The highest BCUT2D eigenvalue weighted by molar-refractivity contribution is 6.17. The van der Waals surface area contributed by atoms with Gasteiger partial charge >= 0.3 is 0 Å². The van der Waals surface area contributed by atoms with E-state index >= 15 is 0 Å². The zero-order chi connectivity index (χ0) is 12.8. The third-order valence-corrected chi connectivity index (χ3v) is 2.70. The van der Waals surface area contributed by atoms with Crippen molar-refractivity contribution in [3.63, 3.8) is 0 Å². The van der Waals surface area contributed by atoms with Crippen LogP contribution in [0.4, 0.5) is 0 Å². The number of nitrogens with zero attached hydrogens (tertiary/aromatic N) is 5. The van der Waals surface area contributed by atoms with E-state index in [0.29, 0.717) is 18.3 Å². The molecule has 6 nitrogen and oxygen atoms in total. The second kappa shape index (κ2) is 6.49. The molecule has 0 N–H and O–H groups in total. The standard InChI is InChI=1S/C11H16ClN5O/c1-2-4-10-13-11(18-15-10)8-17-7-9(14-16-17)5-3-6-12/h7H,2-6,8H2,1H3. The fraction of sp³-hybridized carbons (Fsp3) is 0.636. The molecular weight excluding hydrogens is 254 g/mol. The SMILES string of the molecule is CCCc1noc(Cn2cc(CCCCl)nn2)n1. The third kappa shape index (κ3) is 3.53. The molecule has 2 rings (SSSR count). The lowest BCUT2D eigenvalue weighted by atomic mass is 10.3. The Balaban J connectivity index is 1.93. The summed E-state index contributed by atoms with van der Waals surface area (Å²) in [5.41, 5.74) is 0.934. The number of hydrogen-bond donors (Lipinski definition) is 0. The maximum atomic E-state index is 5.63. The van der Waals surface area contributed by atoms with Gasteiger partial charge in [-0.25, -0.2) is 4.68 Å². The summed E-state index contributed by atoms with van der Waals surface area (Å²) >= 11 is 5.63. The first kappa shape index (κ1) is 13.0. The highest BCUT2D eigenvalue weighted by Crippen LogP contribution is 2.04. The van der Waals surface area contributed by atoms with Crippen LogP contribution in [0, 0.1) is 0 Å². The van der Waals surface area contributed by atoms with E-state index in [2.05, 4.69) is 27.4 Å². The fourth-order valence-electron chi connectivity index (χ4n) is 1.60. The van der Waals surface area contributed by atoms with Crippen LogP contribution in [-0.4, -0.2) is 31.0 Å². The summed E-state index contributed by atoms with van der Waals surface area (Å²) in [5.74, 6) is 1.94. The van der Waals surface area contributed by atoms with Crippen molar-refractivity contribution in [1.82, 2.24) is 25.1 Å². The first-order chi connectivity index (χ1) is 8.81. The van der Waals surface area contributed by atoms with E-state index < -0.39 is 0 Å². The zero-order valence-electron chi connectivity index (χ0n) is 10.3. The molecule has 0 spiro atoms. The van der Waals surface area contributed by atoms with Crippen LogP contribution >= 0.6 is 11.6 Å². The summed E-state index contributed by atoms with van der Waals surface area (Å²) in [7, 11) is 0. The van der Waals surface area contributed by atoms with Gasteiger partial charge in [-0.15, -0.1) is 16.7 Å². The van der Waals surface area contributed by atoms with E-state index in [0.717, 1.165) is 37.2 Å². The quantitative estimate of drug-likeness (QED) is 0.717. The molecule has 2 aromatic rings. The van der Waals surface area contributed by atoms with Crippen LogP contribution < -0.4 is 0 Å². The van der Waals surface area contributed by atoms with Crippen molar-refractivity contribution in [2.45, 2.75) is 39.2 Å². The predicted molar refractivity (Wildman–Crippen MR) is 66.5 cm³/mol. The van der Waals surface area contributed by atoms with Gasteiger partial charge in [0.1, 0.15) is 6.54 Å². The molecule has 0 fully saturated rings. The predicted octanol–water partition coefficient (Wildman–Crippen LogP) is 1.83. The number of halogens is 1. The minimum atomic E-state index is 0.463. The first-order valence-electron chi connectivity index (χ1n) is 6.08. The van der Waals surface area contributed by atoms with Gasteiger partial charge in [0, 0.05) is 18.5 Å². The van der Waals surface area contributed by atoms with Crippen molar-refractivity contribution in [3.8, 4) is 0 Å². The maximum Gasteiger partial charge on any atom is 0.248 e. The number of aryl methyl sites for hydroxylation is 2. The largest absolute Gasteiger partial charge is 0.337 e. The zero-order valence-corrected chi connectivity index (χ0v) is 11.1. The molecule has 0 aromatic carbocycles. The lowest BCUT2D eigenvalue weighted by Crippen LogP contribution is -2.01. The van der Waals surface area contributed by atoms with Crippen molar-refractivity contribution in [3.05, 3.63) is 23.6 Å². The molecule has 0 aliphatic rings. The Hall–Kier alpha value is -1.43. The molecular formula is C11H16ClN5O. The maximum absolute atomic E-state index is 5.63. The Bertz CT molecular complexity index is 481. The van der Waals surface area contributed by atoms with Crippen LogP contribution in [0.5, 0.6) is 0 Å². The monoisotopic (exact) mass is 269 g/mol. The van der Waals surface area contributed by atoms with Crippen LogP contribution in [0.3, 0.4) is 0 Å². The van der Waals surface area contributed by atoms with Crippen LogP contribution in [0.15, 0.2) is 10.7 Å². The summed E-state index contributed by atoms with van der Waals surface area (Å²) in [5, 5.41) is 12.0. The molecule has 7 heteroatoms. The Morgan fingerprint density at radius 2 is 2.28 bits per heavy atom. The van der Waals surface area contributed by atoms with Gasteiger partial charge < -0.3 is 4.52 Å². The number of rotatable bonds is 7. The number of aromatic nitrogens is 5. The molecule has 98 valence electrons. The van der Waals surface area contributed by atoms with Gasteiger partial charge in [-0.3, -0.25) is 0 Å². The molecule has 2 aromatic heterocycles. The highest BCUT2D eigenvalue weighted by Gasteiger charge is 2.08. The molecule has 2 heterocycles. The average molecular weight is 270 g/mol. The fourth-order valence-corrected chi connectivity index (χ4v) is 1.73. The first-order valence-corrected chi connectivity index (χ1v) is 6.61. The third-order valence-electron chi connectivity index (χ3n) is 2.43.